The molecule has 0 radical (unpaired) electrons. The van der Waals surface area contributed by atoms with Gasteiger partial charge in [0.15, 0.2) is 0 Å². The molecule has 0 saturated carbocycles. The van der Waals surface area contributed by atoms with Crippen molar-refractivity contribution in [1.29, 1.82) is 0 Å². The van der Waals surface area contributed by atoms with E-state index in [1.807, 2.05) is 6.07 Å². The lowest BCUT2D eigenvalue weighted by Crippen LogP contribution is -2.15. The third-order valence-corrected chi connectivity index (χ3v) is 13.7. The molecular weight excluding hydrogens is 856 g/mol. The predicted molar refractivity (Wildman–Crippen MR) is 296 cm³/mol. The monoisotopic (exact) mass is 910 g/mol. The largest absolute Gasteiger partial charge is 0.310 e. The van der Waals surface area contributed by atoms with Gasteiger partial charge in [0.05, 0.1) is 5.69 Å². The molecule has 0 spiro atoms. The topological polar surface area (TPSA) is 6.48 Å². The van der Waals surface area contributed by atoms with Crippen molar-refractivity contribution in [3.8, 4) is 55.6 Å². The van der Waals surface area contributed by atoms with Gasteiger partial charge in [-0.1, -0.05) is 175 Å². The molecule has 2 nitrogen and oxygen atoms in total. The van der Waals surface area contributed by atoms with Crippen LogP contribution in [0.3, 0.4) is 0 Å². The molecule has 0 N–H and O–H groups in total. The maximum absolute atomic E-state index is 7.01. The molecule has 0 atom stereocenters. The Balaban J connectivity index is 1.27. The molecule has 0 bridgehead atoms. The van der Waals surface area contributed by atoms with Crippen molar-refractivity contribution in [3.05, 3.63) is 263 Å². The summed E-state index contributed by atoms with van der Waals surface area (Å²) >= 11 is 7.01. The Labute approximate surface area is 413 Å². The molecule has 0 aliphatic rings. The normalized spacial score (nSPS) is 11.1. The first-order valence-electron chi connectivity index (χ1n) is 23.8. The van der Waals surface area contributed by atoms with Crippen LogP contribution in [0.25, 0.3) is 55.6 Å². The fraction of sp³-hybridized carbons (Fsp3) is 0.0909. The molecule has 10 rings (SSSR count). The zero-order chi connectivity index (χ0) is 47.6. The number of para-hydroxylation sites is 1. The number of aryl methyl sites for hydroxylation is 6. The molecule has 0 aliphatic heterocycles. The molecule has 0 aromatic heterocycles. The summed E-state index contributed by atoms with van der Waals surface area (Å²) in [4.78, 5) is 4.84. The van der Waals surface area contributed by atoms with Gasteiger partial charge in [-0.05, 0) is 180 Å². The van der Waals surface area contributed by atoms with Crippen LogP contribution in [0.2, 0.25) is 5.02 Å². The molecule has 0 fully saturated rings. The number of rotatable bonds is 11. The minimum Gasteiger partial charge on any atom is -0.310 e. The van der Waals surface area contributed by atoms with Gasteiger partial charge in [0.25, 0.3) is 0 Å². The minimum atomic E-state index is 0.664. The Morgan fingerprint density at radius 2 is 0.638 bits per heavy atom. The smallest absolute Gasteiger partial charge is 0.0618 e. The predicted octanol–water partition coefficient (Wildman–Crippen LogP) is 19.5. The van der Waals surface area contributed by atoms with Gasteiger partial charge in [-0.25, -0.2) is 0 Å². The van der Waals surface area contributed by atoms with Crippen LogP contribution in [0.5, 0.6) is 0 Å². The highest BCUT2D eigenvalue weighted by molar-refractivity contribution is 6.31. The summed E-state index contributed by atoms with van der Waals surface area (Å²) in [5.74, 6) is 0. The molecule has 3 heteroatoms. The summed E-state index contributed by atoms with van der Waals surface area (Å²) in [6.45, 7) is 13.2. The molecule has 10 aromatic rings. The summed E-state index contributed by atoms with van der Waals surface area (Å²) in [5, 5.41) is 0.664. The van der Waals surface area contributed by atoms with Crippen LogP contribution in [-0.4, -0.2) is 0 Å². The van der Waals surface area contributed by atoms with Gasteiger partial charge in [0.1, 0.15) is 0 Å². The van der Waals surface area contributed by atoms with E-state index in [-0.39, 0.29) is 0 Å². The Bertz CT molecular complexity index is 3230. The van der Waals surface area contributed by atoms with Crippen molar-refractivity contribution in [2.45, 2.75) is 41.5 Å². The van der Waals surface area contributed by atoms with Gasteiger partial charge < -0.3 is 9.80 Å². The van der Waals surface area contributed by atoms with Crippen molar-refractivity contribution in [2.75, 3.05) is 9.80 Å². The summed E-state index contributed by atoms with van der Waals surface area (Å²) in [5.41, 5.74) is 25.4. The zero-order valence-electron chi connectivity index (χ0n) is 40.1. The van der Waals surface area contributed by atoms with E-state index in [1.54, 1.807) is 0 Å². The maximum Gasteiger partial charge on any atom is 0.0618 e. The molecule has 69 heavy (non-hydrogen) atoms. The SMILES string of the molecule is Cc1cccc(C)c1-c1ccc(N(c2ccc(-c3c(C)cccc3C)cc2)c2cc(-c3c(C)cccc3C)cc(N(c3cccc(Cl)c3)c3c(-c4ccccc4)cccc3-c3ccccc3)c2)cc1. The second-order valence-corrected chi connectivity index (χ2v) is 18.7. The van der Waals surface area contributed by atoms with Crippen LogP contribution in [0, 0.1) is 41.5 Å². The van der Waals surface area contributed by atoms with E-state index in [2.05, 4.69) is 270 Å². The van der Waals surface area contributed by atoms with Crippen LogP contribution in [0.4, 0.5) is 34.1 Å². The van der Waals surface area contributed by atoms with Crippen LogP contribution >= 0.6 is 11.6 Å². The highest BCUT2D eigenvalue weighted by Crippen LogP contribution is 2.50. The number of nitrogens with zero attached hydrogens (tertiary/aromatic N) is 2. The zero-order valence-corrected chi connectivity index (χ0v) is 40.9. The molecule has 336 valence electrons. The van der Waals surface area contributed by atoms with Crippen molar-refractivity contribution < 1.29 is 0 Å². The molecule has 0 aliphatic carbocycles. The molecule has 0 unspecified atom stereocenters. The second-order valence-electron chi connectivity index (χ2n) is 18.2. The maximum atomic E-state index is 7.01. The van der Waals surface area contributed by atoms with Gasteiger partial charge in [-0.15, -0.1) is 0 Å². The van der Waals surface area contributed by atoms with E-state index in [0.717, 1.165) is 61.9 Å². The first kappa shape index (κ1) is 44.9. The highest BCUT2D eigenvalue weighted by Gasteiger charge is 2.25. The Kier molecular flexibility index (Phi) is 12.6. The summed E-state index contributed by atoms with van der Waals surface area (Å²) in [7, 11) is 0. The van der Waals surface area contributed by atoms with E-state index >= 15 is 0 Å². The van der Waals surface area contributed by atoms with E-state index in [9.17, 15) is 0 Å². The van der Waals surface area contributed by atoms with Gasteiger partial charge in [0.2, 0.25) is 0 Å². The molecule has 0 saturated heterocycles. The lowest BCUT2D eigenvalue weighted by atomic mass is 9.92. The number of hydrogen-bond donors (Lipinski definition) is 0. The van der Waals surface area contributed by atoms with Crippen molar-refractivity contribution >= 4 is 45.7 Å². The van der Waals surface area contributed by atoms with E-state index in [4.69, 9.17) is 11.6 Å². The standard InChI is InChI=1S/C66H55ClN2/c1-44-18-13-19-45(2)63(44)52-32-36-56(37-33-52)68(57-38-34-53(35-39-57)64-46(3)20-14-21-47(64)4)59-40-54(65-48(5)22-15-23-49(65)6)41-60(43-59)69(58-29-16-28-55(67)42-58)66-61(50-24-9-7-10-25-50)30-17-31-62(66)51-26-11-8-12-27-51/h7-43H,1-6H3. The average Bonchev–Trinajstić information content (AvgIpc) is 3.35. The van der Waals surface area contributed by atoms with Crippen molar-refractivity contribution in [3.63, 3.8) is 0 Å². The Hall–Kier alpha value is -7.91. The fourth-order valence-electron chi connectivity index (χ4n) is 10.3. The van der Waals surface area contributed by atoms with Crippen LogP contribution in [0.15, 0.2) is 224 Å². The summed E-state index contributed by atoms with van der Waals surface area (Å²) < 4.78 is 0. The highest BCUT2D eigenvalue weighted by atomic mass is 35.5. The Morgan fingerprint density at radius 3 is 1.06 bits per heavy atom. The first-order valence-corrected chi connectivity index (χ1v) is 24.2. The van der Waals surface area contributed by atoms with Gasteiger partial charge >= 0.3 is 0 Å². The minimum absolute atomic E-state index is 0.664. The van der Waals surface area contributed by atoms with Gasteiger partial charge in [0, 0.05) is 44.6 Å². The number of anilines is 6. The third-order valence-electron chi connectivity index (χ3n) is 13.5. The second kappa shape index (κ2) is 19.4. The molecule has 10 aromatic carbocycles. The lowest BCUT2D eigenvalue weighted by molar-refractivity contribution is 1.24. The number of benzene rings is 10. The van der Waals surface area contributed by atoms with E-state index < -0.39 is 0 Å². The lowest BCUT2D eigenvalue weighted by Gasteiger charge is -2.33. The van der Waals surface area contributed by atoms with Gasteiger partial charge in [-0.3, -0.25) is 0 Å². The Morgan fingerprint density at radius 1 is 0.261 bits per heavy atom. The van der Waals surface area contributed by atoms with E-state index in [0.29, 0.717) is 5.02 Å². The number of hydrogen-bond acceptors (Lipinski definition) is 2. The molecule has 0 heterocycles. The molecular formula is C66H55ClN2. The third kappa shape index (κ3) is 9.00. The first-order chi connectivity index (χ1) is 33.6. The van der Waals surface area contributed by atoms with Crippen LogP contribution in [0.1, 0.15) is 33.4 Å². The number of halogens is 1. The van der Waals surface area contributed by atoms with Crippen molar-refractivity contribution in [2.24, 2.45) is 0 Å². The van der Waals surface area contributed by atoms with Crippen LogP contribution < -0.4 is 9.80 Å². The molecule has 0 amide bonds. The summed E-state index contributed by atoms with van der Waals surface area (Å²) in [6, 6.07) is 81.3. The fourth-order valence-corrected chi connectivity index (χ4v) is 10.5. The summed E-state index contributed by atoms with van der Waals surface area (Å²) in [6.07, 6.45) is 0. The van der Waals surface area contributed by atoms with E-state index in [1.165, 1.54) is 61.2 Å². The van der Waals surface area contributed by atoms with Gasteiger partial charge in [-0.2, -0.15) is 0 Å². The average molecular weight is 912 g/mol. The van der Waals surface area contributed by atoms with Crippen molar-refractivity contribution in [1.82, 2.24) is 0 Å². The quantitative estimate of drug-likeness (QED) is 0.128. The van der Waals surface area contributed by atoms with Crippen LogP contribution in [-0.2, 0) is 0 Å².